The van der Waals surface area contributed by atoms with Crippen LogP contribution in [-0.4, -0.2) is 35.5 Å². The summed E-state index contributed by atoms with van der Waals surface area (Å²) in [7, 11) is 0. The van der Waals surface area contributed by atoms with Crippen molar-refractivity contribution >= 4 is 28.5 Å². The van der Waals surface area contributed by atoms with Crippen molar-refractivity contribution in [2.45, 2.75) is 33.1 Å². The van der Waals surface area contributed by atoms with Gasteiger partial charge in [0.25, 0.3) is 0 Å². The van der Waals surface area contributed by atoms with Gasteiger partial charge in [-0.15, -0.1) is 0 Å². The first-order valence-corrected chi connectivity index (χ1v) is 9.98. The maximum absolute atomic E-state index is 13.3. The average molecular weight is 376 g/mol. The number of furan rings is 1. The number of benzene rings is 1. The fraction of sp³-hybridized carbons (Fsp3) is 0.409. The van der Waals surface area contributed by atoms with Gasteiger partial charge >= 0.3 is 0 Å². The van der Waals surface area contributed by atoms with Gasteiger partial charge in [0.2, 0.25) is 11.6 Å². The fourth-order valence-electron chi connectivity index (χ4n) is 4.56. The Morgan fingerprint density at radius 2 is 2.04 bits per heavy atom. The lowest BCUT2D eigenvalue weighted by atomic mass is 9.96. The largest absolute Gasteiger partial charge is 0.443 e. The van der Waals surface area contributed by atoms with E-state index in [1.54, 1.807) is 6.33 Å². The zero-order valence-corrected chi connectivity index (χ0v) is 16.3. The van der Waals surface area contributed by atoms with E-state index < -0.39 is 0 Å². The molecule has 0 radical (unpaired) electrons. The van der Waals surface area contributed by atoms with Crippen LogP contribution in [-0.2, 0) is 11.2 Å². The number of anilines is 2. The Morgan fingerprint density at radius 1 is 1.18 bits per heavy atom. The lowest BCUT2D eigenvalue weighted by molar-refractivity contribution is -0.122. The third-order valence-corrected chi connectivity index (χ3v) is 6.17. The molecule has 144 valence electrons. The Kier molecular flexibility index (Phi) is 4.07. The lowest BCUT2D eigenvalue weighted by Gasteiger charge is -2.35. The van der Waals surface area contributed by atoms with Crippen molar-refractivity contribution in [3.8, 4) is 0 Å². The first-order valence-electron chi connectivity index (χ1n) is 9.98. The molecule has 0 saturated carbocycles. The molecule has 0 spiro atoms. The second kappa shape index (κ2) is 6.62. The van der Waals surface area contributed by atoms with Gasteiger partial charge in [-0.25, -0.2) is 9.97 Å². The van der Waals surface area contributed by atoms with E-state index in [4.69, 9.17) is 4.42 Å². The molecule has 2 aliphatic heterocycles. The highest BCUT2D eigenvalue weighted by Crippen LogP contribution is 2.34. The highest BCUT2D eigenvalue weighted by atomic mass is 16.3. The first-order chi connectivity index (χ1) is 13.6. The van der Waals surface area contributed by atoms with E-state index >= 15 is 0 Å². The number of amides is 1. The molecule has 1 amide bonds. The maximum atomic E-state index is 13.3. The van der Waals surface area contributed by atoms with Crippen LogP contribution in [0.3, 0.4) is 0 Å². The van der Waals surface area contributed by atoms with Crippen molar-refractivity contribution in [2.75, 3.05) is 29.4 Å². The highest BCUT2D eigenvalue weighted by Gasteiger charge is 2.34. The third-order valence-electron chi connectivity index (χ3n) is 6.17. The standard InChI is InChI=1S/C22H24N4O2/c1-14-15(2)28-21-19(14)20(23-13-24-21)25-10-5-7-17(12-25)22(27)26-11-9-16-6-3-4-8-18(16)26/h3-4,6,8,13,17H,5,7,9-12H2,1-2H3. The molecular weight excluding hydrogens is 352 g/mol. The quantitative estimate of drug-likeness (QED) is 0.683. The second-order valence-electron chi connectivity index (χ2n) is 7.81. The minimum atomic E-state index is -0.0155. The van der Waals surface area contributed by atoms with E-state index in [1.165, 1.54) is 5.56 Å². The molecule has 1 unspecified atom stereocenters. The number of piperidine rings is 1. The number of aromatic nitrogens is 2. The minimum absolute atomic E-state index is 0.0155. The van der Waals surface area contributed by atoms with E-state index in [2.05, 4.69) is 27.0 Å². The summed E-state index contributed by atoms with van der Waals surface area (Å²) in [6.07, 6.45) is 4.40. The molecule has 1 aromatic carbocycles. The van der Waals surface area contributed by atoms with Crippen LogP contribution in [0.4, 0.5) is 11.5 Å². The Labute approximate surface area is 164 Å². The minimum Gasteiger partial charge on any atom is -0.443 e. The van der Waals surface area contributed by atoms with Crippen molar-refractivity contribution in [1.82, 2.24) is 9.97 Å². The number of para-hydroxylation sites is 1. The monoisotopic (exact) mass is 376 g/mol. The number of rotatable bonds is 2. The molecule has 2 aromatic heterocycles. The van der Waals surface area contributed by atoms with Crippen molar-refractivity contribution in [3.05, 3.63) is 47.5 Å². The van der Waals surface area contributed by atoms with Crippen molar-refractivity contribution in [3.63, 3.8) is 0 Å². The molecule has 0 N–H and O–H groups in total. The van der Waals surface area contributed by atoms with Crippen LogP contribution in [0, 0.1) is 19.8 Å². The molecule has 0 bridgehead atoms. The number of carbonyl (C=O) groups excluding carboxylic acids is 1. The van der Waals surface area contributed by atoms with Crippen LogP contribution >= 0.6 is 0 Å². The Bertz CT molecular complexity index is 1060. The smallest absolute Gasteiger partial charge is 0.231 e. The summed E-state index contributed by atoms with van der Waals surface area (Å²) in [6, 6.07) is 8.24. The summed E-state index contributed by atoms with van der Waals surface area (Å²) in [4.78, 5) is 26.4. The molecule has 1 saturated heterocycles. The van der Waals surface area contributed by atoms with Crippen molar-refractivity contribution in [2.24, 2.45) is 5.92 Å². The molecule has 6 heteroatoms. The Balaban J connectivity index is 1.43. The molecule has 3 aromatic rings. The van der Waals surface area contributed by atoms with Crippen molar-refractivity contribution < 1.29 is 9.21 Å². The lowest BCUT2D eigenvalue weighted by Crippen LogP contribution is -2.45. The predicted octanol–water partition coefficient (Wildman–Crippen LogP) is 3.65. The summed E-state index contributed by atoms with van der Waals surface area (Å²) in [5.41, 5.74) is 4.05. The molecule has 5 rings (SSSR count). The van der Waals surface area contributed by atoms with Crippen LogP contribution in [0.15, 0.2) is 35.0 Å². The van der Waals surface area contributed by atoms with E-state index in [0.29, 0.717) is 12.3 Å². The van der Waals surface area contributed by atoms with Gasteiger partial charge in [-0.2, -0.15) is 0 Å². The second-order valence-corrected chi connectivity index (χ2v) is 7.81. The topological polar surface area (TPSA) is 62.5 Å². The third kappa shape index (κ3) is 2.66. The zero-order valence-electron chi connectivity index (χ0n) is 16.3. The molecule has 1 atom stereocenters. The van der Waals surface area contributed by atoms with Gasteiger partial charge < -0.3 is 14.2 Å². The van der Waals surface area contributed by atoms with Gasteiger partial charge in [0.05, 0.1) is 11.3 Å². The number of hydrogen-bond acceptors (Lipinski definition) is 5. The summed E-state index contributed by atoms with van der Waals surface area (Å²) in [5, 5.41) is 0.972. The van der Waals surface area contributed by atoms with E-state index in [-0.39, 0.29) is 11.8 Å². The van der Waals surface area contributed by atoms with Gasteiger partial charge in [0.1, 0.15) is 17.9 Å². The summed E-state index contributed by atoms with van der Waals surface area (Å²) < 4.78 is 5.77. The van der Waals surface area contributed by atoms with Crippen LogP contribution in [0.2, 0.25) is 0 Å². The van der Waals surface area contributed by atoms with Crippen LogP contribution in [0.25, 0.3) is 11.1 Å². The van der Waals surface area contributed by atoms with E-state index in [9.17, 15) is 4.79 Å². The van der Waals surface area contributed by atoms with Crippen LogP contribution < -0.4 is 9.80 Å². The molecule has 28 heavy (non-hydrogen) atoms. The van der Waals surface area contributed by atoms with Crippen molar-refractivity contribution in [1.29, 1.82) is 0 Å². The average Bonchev–Trinajstić information content (AvgIpc) is 3.28. The van der Waals surface area contributed by atoms with E-state index in [0.717, 1.165) is 60.6 Å². The normalized spacial score (nSPS) is 19.3. The number of aryl methyl sites for hydroxylation is 2. The van der Waals surface area contributed by atoms with Crippen LogP contribution in [0.1, 0.15) is 29.7 Å². The van der Waals surface area contributed by atoms with Gasteiger partial charge in [0, 0.05) is 30.9 Å². The number of nitrogens with zero attached hydrogens (tertiary/aromatic N) is 4. The van der Waals surface area contributed by atoms with E-state index in [1.807, 2.05) is 30.9 Å². The SMILES string of the molecule is Cc1oc2ncnc(N3CCCC(C(=O)N4CCc5ccccc54)C3)c2c1C. The zero-order chi connectivity index (χ0) is 19.3. The fourth-order valence-corrected chi connectivity index (χ4v) is 4.56. The Hall–Kier alpha value is -2.89. The molecule has 0 aliphatic carbocycles. The van der Waals surface area contributed by atoms with Gasteiger partial charge in [-0.3, -0.25) is 4.79 Å². The number of hydrogen-bond donors (Lipinski definition) is 0. The predicted molar refractivity (Wildman–Crippen MR) is 109 cm³/mol. The summed E-state index contributed by atoms with van der Waals surface area (Å²) in [6.45, 7) is 6.37. The molecule has 6 nitrogen and oxygen atoms in total. The first kappa shape index (κ1) is 17.2. The van der Waals surface area contributed by atoms with Gasteiger partial charge in [-0.1, -0.05) is 18.2 Å². The summed E-state index contributed by atoms with van der Waals surface area (Å²) >= 11 is 0. The summed E-state index contributed by atoms with van der Waals surface area (Å²) in [5.74, 6) is 1.98. The highest BCUT2D eigenvalue weighted by molar-refractivity contribution is 5.98. The van der Waals surface area contributed by atoms with Crippen LogP contribution in [0.5, 0.6) is 0 Å². The number of carbonyl (C=O) groups is 1. The molecule has 2 aliphatic rings. The van der Waals surface area contributed by atoms with Gasteiger partial charge in [0.15, 0.2) is 0 Å². The maximum Gasteiger partial charge on any atom is 0.231 e. The Morgan fingerprint density at radius 3 is 2.93 bits per heavy atom. The molecule has 1 fully saturated rings. The molecular formula is C22H24N4O2. The van der Waals surface area contributed by atoms with Gasteiger partial charge in [-0.05, 0) is 44.7 Å². The molecule has 4 heterocycles. The number of fused-ring (bicyclic) bond motifs is 2.